The molecular formula is C12H17ClF3N5O2S. The molecule has 2 heterocycles. The number of nitrogens with two attached hydrogens (primary N) is 1. The van der Waals surface area contributed by atoms with Gasteiger partial charge in [-0.25, -0.2) is 13.4 Å². The number of nitrogen functional groups attached to an aromatic ring is 1. The molecule has 0 radical (unpaired) electrons. The van der Waals surface area contributed by atoms with Crippen molar-refractivity contribution in [3.8, 4) is 0 Å². The number of hydrogen-bond donors (Lipinski definition) is 1. The lowest BCUT2D eigenvalue weighted by Crippen LogP contribution is -2.50. The molecule has 0 atom stereocenters. The molecule has 1 aromatic heterocycles. The van der Waals surface area contributed by atoms with Crippen LogP contribution in [0.1, 0.15) is 12.8 Å². The Morgan fingerprint density at radius 1 is 1.38 bits per heavy atom. The number of halogens is 4. The second-order valence-electron chi connectivity index (χ2n) is 5.55. The third-order valence-electron chi connectivity index (χ3n) is 3.66. The van der Waals surface area contributed by atoms with Crippen molar-refractivity contribution < 1.29 is 21.6 Å². The average molecular weight is 388 g/mol. The normalized spacial score (nSPS) is 17.5. The van der Waals surface area contributed by atoms with Crippen molar-refractivity contribution in [2.75, 3.05) is 36.5 Å². The maximum Gasteiger partial charge on any atom is 0.402 e. The van der Waals surface area contributed by atoms with E-state index in [4.69, 9.17) is 17.3 Å². The first kappa shape index (κ1) is 19.0. The predicted octanol–water partition coefficient (Wildman–Crippen LogP) is 1.50. The van der Waals surface area contributed by atoms with Crippen LogP contribution in [0.5, 0.6) is 0 Å². The van der Waals surface area contributed by atoms with Gasteiger partial charge in [0.2, 0.25) is 16.0 Å². The molecule has 1 aromatic rings. The van der Waals surface area contributed by atoms with Crippen molar-refractivity contribution in [1.29, 1.82) is 0 Å². The van der Waals surface area contributed by atoms with Crippen LogP contribution in [-0.4, -0.2) is 60.8 Å². The Morgan fingerprint density at radius 2 is 1.96 bits per heavy atom. The van der Waals surface area contributed by atoms with Gasteiger partial charge in [-0.3, -0.25) is 0 Å². The van der Waals surface area contributed by atoms with E-state index in [-0.39, 0.29) is 23.9 Å². The van der Waals surface area contributed by atoms with Crippen molar-refractivity contribution in [2.45, 2.75) is 25.1 Å². The molecule has 136 valence electrons. The number of rotatable bonds is 4. The Hall–Kier alpha value is -1.33. The Morgan fingerprint density at radius 3 is 2.42 bits per heavy atom. The number of piperidine rings is 1. The lowest BCUT2D eigenvalue weighted by Gasteiger charge is -2.38. The van der Waals surface area contributed by atoms with E-state index in [0.717, 1.165) is 6.26 Å². The van der Waals surface area contributed by atoms with Gasteiger partial charge in [-0.15, -0.1) is 0 Å². The fourth-order valence-corrected chi connectivity index (χ4v) is 3.98. The van der Waals surface area contributed by atoms with Crippen molar-refractivity contribution >= 4 is 33.4 Å². The molecule has 1 saturated heterocycles. The van der Waals surface area contributed by atoms with Crippen molar-refractivity contribution in [2.24, 2.45) is 0 Å². The minimum Gasteiger partial charge on any atom is -0.368 e. The summed E-state index contributed by atoms with van der Waals surface area (Å²) in [5, 5.41) is 0.162. The highest BCUT2D eigenvalue weighted by Gasteiger charge is 2.39. The number of sulfonamides is 1. The number of hydrogen-bond acceptors (Lipinski definition) is 6. The van der Waals surface area contributed by atoms with Gasteiger partial charge in [0.05, 0.1) is 6.26 Å². The van der Waals surface area contributed by atoms with E-state index >= 15 is 0 Å². The highest BCUT2D eigenvalue weighted by molar-refractivity contribution is 7.88. The number of aromatic nitrogens is 2. The van der Waals surface area contributed by atoms with E-state index in [9.17, 15) is 21.6 Å². The first-order chi connectivity index (χ1) is 11.0. The van der Waals surface area contributed by atoms with E-state index in [0.29, 0.717) is 23.2 Å². The van der Waals surface area contributed by atoms with Gasteiger partial charge in [0.1, 0.15) is 17.5 Å². The van der Waals surface area contributed by atoms with Gasteiger partial charge in [0, 0.05) is 25.2 Å². The summed E-state index contributed by atoms with van der Waals surface area (Å²) >= 11 is 5.81. The number of anilines is 2. The summed E-state index contributed by atoms with van der Waals surface area (Å²) in [6, 6.07) is 0.787. The highest BCUT2D eigenvalue weighted by Crippen LogP contribution is 2.27. The smallest absolute Gasteiger partial charge is 0.368 e. The lowest BCUT2D eigenvalue weighted by molar-refractivity contribution is -0.139. The quantitative estimate of drug-likeness (QED) is 0.787. The van der Waals surface area contributed by atoms with E-state index in [1.165, 1.54) is 6.07 Å². The Labute approximate surface area is 142 Å². The molecule has 0 amide bonds. The summed E-state index contributed by atoms with van der Waals surface area (Å²) in [6.07, 6.45) is -3.32. The summed E-state index contributed by atoms with van der Waals surface area (Å²) in [5.41, 5.74) is 5.52. The standard InChI is InChI=1S/C12H17ClF3N5O2S/c1-24(22,23)21(7-12(14,15)16)8-2-4-20(5-3-8)10-6-9(13)18-11(17)19-10/h6,8H,2-5,7H2,1H3,(H2,17,18,19). The molecule has 0 aromatic carbocycles. The SMILES string of the molecule is CS(=O)(=O)N(CC(F)(F)F)C1CCN(c2cc(Cl)nc(N)n2)CC1. The molecule has 0 spiro atoms. The fourth-order valence-electron chi connectivity index (χ4n) is 2.66. The lowest BCUT2D eigenvalue weighted by atomic mass is 10.1. The van der Waals surface area contributed by atoms with Crippen LogP contribution in [0.15, 0.2) is 6.07 Å². The second-order valence-corrected chi connectivity index (χ2v) is 7.87. The Kier molecular flexibility index (Phi) is 5.45. The second kappa shape index (κ2) is 6.89. The monoisotopic (exact) mass is 387 g/mol. The van der Waals surface area contributed by atoms with Gasteiger partial charge >= 0.3 is 6.18 Å². The largest absolute Gasteiger partial charge is 0.402 e. The Balaban J connectivity index is 2.09. The molecule has 2 N–H and O–H groups in total. The van der Waals surface area contributed by atoms with E-state index in [1.807, 2.05) is 0 Å². The summed E-state index contributed by atoms with van der Waals surface area (Å²) in [6.45, 7) is -0.814. The maximum absolute atomic E-state index is 12.7. The predicted molar refractivity (Wildman–Crippen MR) is 84.3 cm³/mol. The number of nitrogens with zero attached hydrogens (tertiary/aromatic N) is 4. The minimum atomic E-state index is -4.59. The number of alkyl halides is 3. The minimum absolute atomic E-state index is 0.00513. The molecule has 1 aliphatic rings. The fraction of sp³-hybridized carbons (Fsp3) is 0.667. The molecule has 0 saturated carbocycles. The molecule has 1 fully saturated rings. The van der Waals surface area contributed by atoms with E-state index in [1.54, 1.807) is 4.90 Å². The molecule has 24 heavy (non-hydrogen) atoms. The Bertz CT molecular complexity index is 672. The zero-order valence-electron chi connectivity index (χ0n) is 12.8. The third kappa shape index (κ3) is 5.08. The van der Waals surface area contributed by atoms with Crippen molar-refractivity contribution in [3.63, 3.8) is 0 Å². The first-order valence-electron chi connectivity index (χ1n) is 7.04. The van der Waals surface area contributed by atoms with Gasteiger partial charge in [-0.1, -0.05) is 11.6 Å². The summed E-state index contributed by atoms with van der Waals surface area (Å²) in [5.74, 6) is 0.460. The highest BCUT2D eigenvalue weighted by atomic mass is 35.5. The van der Waals surface area contributed by atoms with Gasteiger partial charge in [-0.05, 0) is 12.8 Å². The zero-order valence-corrected chi connectivity index (χ0v) is 14.4. The van der Waals surface area contributed by atoms with Gasteiger partial charge in [0.15, 0.2) is 0 Å². The molecular weight excluding hydrogens is 371 g/mol. The molecule has 2 rings (SSSR count). The molecule has 0 aliphatic carbocycles. The van der Waals surface area contributed by atoms with Crippen LogP contribution in [0.2, 0.25) is 5.15 Å². The van der Waals surface area contributed by atoms with Crippen LogP contribution in [0.3, 0.4) is 0 Å². The van der Waals surface area contributed by atoms with E-state index in [2.05, 4.69) is 9.97 Å². The van der Waals surface area contributed by atoms with Crippen LogP contribution < -0.4 is 10.6 Å². The maximum atomic E-state index is 12.7. The zero-order chi connectivity index (χ0) is 18.1. The molecule has 12 heteroatoms. The van der Waals surface area contributed by atoms with Crippen LogP contribution in [-0.2, 0) is 10.0 Å². The van der Waals surface area contributed by atoms with Gasteiger partial charge in [0.25, 0.3) is 0 Å². The van der Waals surface area contributed by atoms with Crippen molar-refractivity contribution in [1.82, 2.24) is 14.3 Å². The average Bonchev–Trinajstić information content (AvgIpc) is 2.42. The molecule has 1 aliphatic heterocycles. The third-order valence-corrected chi connectivity index (χ3v) is 5.13. The van der Waals surface area contributed by atoms with Crippen LogP contribution >= 0.6 is 11.6 Å². The molecule has 0 bridgehead atoms. The van der Waals surface area contributed by atoms with Gasteiger partial charge in [-0.2, -0.15) is 22.5 Å². The summed E-state index contributed by atoms with van der Waals surface area (Å²) < 4.78 is 61.9. The topological polar surface area (TPSA) is 92.4 Å². The van der Waals surface area contributed by atoms with Crippen LogP contribution in [0, 0.1) is 0 Å². The van der Waals surface area contributed by atoms with Crippen LogP contribution in [0.25, 0.3) is 0 Å². The molecule has 0 unspecified atom stereocenters. The summed E-state index contributed by atoms with van der Waals surface area (Å²) in [7, 11) is -3.97. The van der Waals surface area contributed by atoms with Crippen molar-refractivity contribution in [3.05, 3.63) is 11.2 Å². The van der Waals surface area contributed by atoms with E-state index < -0.39 is 28.8 Å². The first-order valence-corrected chi connectivity index (χ1v) is 9.27. The molecule has 7 nitrogen and oxygen atoms in total. The summed E-state index contributed by atoms with van der Waals surface area (Å²) in [4.78, 5) is 9.56. The van der Waals surface area contributed by atoms with Crippen LogP contribution in [0.4, 0.5) is 24.9 Å². The van der Waals surface area contributed by atoms with Gasteiger partial charge < -0.3 is 10.6 Å².